The number of aryl methyl sites for hydroxylation is 1. The van der Waals surface area contributed by atoms with Crippen LogP contribution >= 0.6 is 11.6 Å². The van der Waals surface area contributed by atoms with Crippen molar-refractivity contribution in [3.8, 4) is 5.75 Å². The molecule has 0 bridgehead atoms. The van der Waals surface area contributed by atoms with Crippen LogP contribution in [0.4, 0.5) is 0 Å². The smallest absolute Gasteiger partial charge is 0.193 e. The Bertz CT molecular complexity index is 680. The summed E-state index contributed by atoms with van der Waals surface area (Å²) in [6.45, 7) is 7.84. The van der Waals surface area contributed by atoms with E-state index >= 15 is 0 Å². The molecule has 2 rings (SSSR count). The molecule has 0 fully saturated rings. The van der Waals surface area contributed by atoms with Crippen molar-refractivity contribution in [1.29, 1.82) is 0 Å². The summed E-state index contributed by atoms with van der Waals surface area (Å²) in [5.41, 5.74) is 2.42. The molecule has 3 heteroatoms. The summed E-state index contributed by atoms with van der Waals surface area (Å²) in [6.07, 6.45) is 0. The molecular weight excluding hydrogens is 284 g/mol. The van der Waals surface area contributed by atoms with Gasteiger partial charge in [-0.25, -0.2) is 0 Å². The molecule has 110 valence electrons. The van der Waals surface area contributed by atoms with E-state index in [-0.39, 0.29) is 16.9 Å². The fraction of sp³-hybridized carbons (Fsp3) is 0.278. The second kappa shape index (κ2) is 5.53. The first-order chi connectivity index (χ1) is 9.70. The third-order valence-electron chi connectivity index (χ3n) is 3.48. The fourth-order valence-corrected chi connectivity index (χ4v) is 2.38. The van der Waals surface area contributed by atoms with Gasteiger partial charge in [0.2, 0.25) is 0 Å². The Hall–Kier alpha value is -1.80. The highest BCUT2D eigenvalue weighted by Gasteiger charge is 2.22. The fourth-order valence-electron chi connectivity index (χ4n) is 2.25. The van der Waals surface area contributed by atoms with Gasteiger partial charge in [0.25, 0.3) is 0 Å². The highest BCUT2D eigenvalue weighted by atomic mass is 35.5. The van der Waals surface area contributed by atoms with Crippen LogP contribution in [0.1, 0.15) is 47.8 Å². The largest absolute Gasteiger partial charge is 0.507 e. The lowest BCUT2D eigenvalue weighted by Crippen LogP contribution is -2.14. The van der Waals surface area contributed by atoms with E-state index in [4.69, 9.17) is 11.6 Å². The van der Waals surface area contributed by atoms with Gasteiger partial charge in [0.15, 0.2) is 5.78 Å². The van der Waals surface area contributed by atoms with Gasteiger partial charge in [-0.3, -0.25) is 4.79 Å². The lowest BCUT2D eigenvalue weighted by atomic mass is 9.83. The zero-order chi connectivity index (χ0) is 15.8. The zero-order valence-electron chi connectivity index (χ0n) is 12.7. The molecule has 0 aromatic heterocycles. The van der Waals surface area contributed by atoms with Gasteiger partial charge in [-0.1, -0.05) is 32.4 Å². The van der Waals surface area contributed by atoms with Crippen LogP contribution in [0.5, 0.6) is 5.75 Å². The first-order valence-electron chi connectivity index (χ1n) is 6.84. The molecular formula is C18H19ClO2. The molecule has 0 amide bonds. The number of phenolic OH excluding ortho intramolecular Hbond substituents is 1. The van der Waals surface area contributed by atoms with E-state index in [1.807, 2.05) is 27.7 Å². The molecule has 0 radical (unpaired) electrons. The number of halogens is 1. The second-order valence-corrected chi connectivity index (χ2v) is 6.71. The third-order valence-corrected chi connectivity index (χ3v) is 3.73. The molecule has 0 saturated heterocycles. The molecule has 21 heavy (non-hydrogen) atoms. The van der Waals surface area contributed by atoms with Crippen LogP contribution < -0.4 is 0 Å². The average Bonchev–Trinajstić information content (AvgIpc) is 2.40. The van der Waals surface area contributed by atoms with Crippen LogP contribution in [-0.2, 0) is 5.41 Å². The van der Waals surface area contributed by atoms with Gasteiger partial charge in [-0.15, -0.1) is 0 Å². The van der Waals surface area contributed by atoms with E-state index in [1.165, 1.54) is 0 Å². The number of hydrogen-bond donors (Lipinski definition) is 1. The van der Waals surface area contributed by atoms with Crippen LogP contribution in [0.2, 0.25) is 5.02 Å². The third kappa shape index (κ3) is 3.27. The maximum absolute atomic E-state index is 12.6. The molecule has 0 aliphatic heterocycles. The van der Waals surface area contributed by atoms with Gasteiger partial charge in [-0.05, 0) is 54.3 Å². The summed E-state index contributed by atoms with van der Waals surface area (Å²) >= 11 is 5.85. The Kier molecular flexibility index (Phi) is 4.11. The van der Waals surface area contributed by atoms with Gasteiger partial charge in [0.1, 0.15) is 5.75 Å². The monoisotopic (exact) mass is 302 g/mol. The molecule has 0 aliphatic carbocycles. The van der Waals surface area contributed by atoms with Crippen LogP contribution in [0.25, 0.3) is 0 Å². The van der Waals surface area contributed by atoms with Gasteiger partial charge in [0.05, 0.1) is 0 Å². The summed E-state index contributed by atoms with van der Waals surface area (Å²) < 4.78 is 0. The Labute approximate surface area is 130 Å². The van der Waals surface area contributed by atoms with E-state index in [1.54, 1.807) is 36.4 Å². The molecule has 2 aromatic rings. The Morgan fingerprint density at radius 3 is 2.14 bits per heavy atom. The number of carbonyl (C=O) groups is 1. The molecule has 2 nitrogen and oxygen atoms in total. The summed E-state index contributed by atoms with van der Waals surface area (Å²) in [7, 11) is 0. The van der Waals surface area contributed by atoms with E-state index in [0.717, 1.165) is 5.56 Å². The number of rotatable bonds is 2. The Balaban J connectivity index is 2.52. The zero-order valence-corrected chi connectivity index (χ0v) is 13.5. The predicted molar refractivity (Wildman–Crippen MR) is 86.4 cm³/mol. The van der Waals surface area contributed by atoms with E-state index in [0.29, 0.717) is 21.7 Å². The lowest BCUT2D eigenvalue weighted by Gasteiger charge is -2.22. The molecule has 0 heterocycles. The van der Waals surface area contributed by atoms with Crippen molar-refractivity contribution in [3.05, 3.63) is 63.7 Å². The second-order valence-electron chi connectivity index (χ2n) is 6.28. The van der Waals surface area contributed by atoms with Crippen LogP contribution in [0, 0.1) is 6.92 Å². The maximum atomic E-state index is 12.6. The molecule has 1 N–H and O–H groups in total. The van der Waals surface area contributed by atoms with Crippen molar-refractivity contribution in [3.63, 3.8) is 0 Å². The standard InChI is InChI=1S/C18H19ClO2/c1-11-9-13(10-15(16(11)20)18(2,3)4)17(21)12-5-7-14(19)8-6-12/h5-10,20H,1-4H3. The van der Waals surface area contributed by atoms with Crippen molar-refractivity contribution >= 4 is 17.4 Å². The van der Waals surface area contributed by atoms with Crippen LogP contribution in [0.3, 0.4) is 0 Å². The van der Waals surface area contributed by atoms with Crippen molar-refractivity contribution < 1.29 is 9.90 Å². The highest BCUT2D eigenvalue weighted by Crippen LogP contribution is 2.34. The molecule has 2 aromatic carbocycles. The normalized spacial score (nSPS) is 11.5. The minimum Gasteiger partial charge on any atom is -0.507 e. The summed E-state index contributed by atoms with van der Waals surface area (Å²) in [4.78, 5) is 12.6. The number of phenols is 1. The summed E-state index contributed by atoms with van der Waals surface area (Å²) in [5, 5.41) is 10.8. The summed E-state index contributed by atoms with van der Waals surface area (Å²) in [6, 6.07) is 10.3. The highest BCUT2D eigenvalue weighted by molar-refractivity contribution is 6.30. The SMILES string of the molecule is Cc1cc(C(=O)c2ccc(Cl)cc2)cc(C(C)(C)C)c1O. The number of aromatic hydroxyl groups is 1. The quantitative estimate of drug-likeness (QED) is 0.803. The van der Waals surface area contributed by atoms with Crippen LogP contribution in [-0.4, -0.2) is 10.9 Å². The minimum atomic E-state index is -0.231. The van der Waals surface area contributed by atoms with E-state index in [2.05, 4.69) is 0 Å². The van der Waals surface area contributed by atoms with Gasteiger partial charge in [0, 0.05) is 21.7 Å². The van der Waals surface area contributed by atoms with Crippen molar-refractivity contribution in [1.82, 2.24) is 0 Å². The number of benzene rings is 2. The molecule has 0 aliphatic rings. The van der Waals surface area contributed by atoms with Crippen molar-refractivity contribution in [2.45, 2.75) is 33.1 Å². The van der Waals surface area contributed by atoms with Gasteiger partial charge >= 0.3 is 0 Å². The van der Waals surface area contributed by atoms with Crippen LogP contribution in [0.15, 0.2) is 36.4 Å². The number of hydrogen-bond acceptors (Lipinski definition) is 2. The minimum absolute atomic E-state index is 0.0692. The Morgan fingerprint density at radius 1 is 1.05 bits per heavy atom. The van der Waals surface area contributed by atoms with Crippen molar-refractivity contribution in [2.75, 3.05) is 0 Å². The average molecular weight is 303 g/mol. The molecule has 0 spiro atoms. The predicted octanol–water partition coefficient (Wildman–Crippen LogP) is 4.88. The lowest BCUT2D eigenvalue weighted by molar-refractivity contribution is 0.103. The first-order valence-corrected chi connectivity index (χ1v) is 7.22. The van der Waals surface area contributed by atoms with Gasteiger partial charge < -0.3 is 5.11 Å². The topological polar surface area (TPSA) is 37.3 Å². The Morgan fingerprint density at radius 2 is 1.62 bits per heavy atom. The summed E-state index contributed by atoms with van der Waals surface area (Å²) in [5.74, 6) is 0.190. The number of carbonyl (C=O) groups excluding carboxylic acids is 1. The van der Waals surface area contributed by atoms with E-state index < -0.39 is 0 Å². The number of ketones is 1. The van der Waals surface area contributed by atoms with Crippen molar-refractivity contribution in [2.24, 2.45) is 0 Å². The molecule has 0 saturated carbocycles. The van der Waals surface area contributed by atoms with Gasteiger partial charge in [-0.2, -0.15) is 0 Å². The van der Waals surface area contributed by atoms with E-state index in [9.17, 15) is 9.90 Å². The maximum Gasteiger partial charge on any atom is 0.193 e. The molecule has 0 unspecified atom stereocenters. The first kappa shape index (κ1) is 15.6. The molecule has 0 atom stereocenters.